The Morgan fingerprint density at radius 3 is 2.42 bits per heavy atom. The minimum absolute atomic E-state index is 0.00504. The van der Waals surface area contributed by atoms with Crippen molar-refractivity contribution < 1.29 is 14.7 Å². The van der Waals surface area contributed by atoms with E-state index in [-0.39, 0.29) is 39.2 Å². The number of nitrogens with one attached hydrogen (secondary N) is 1. The number of carbonyl (C=O) groups excluding carboxylic acids is 1. The molecule has 0 atom stereocenters. The molecule has 0 fully saturated rings. The van der Waals surface area contributed by atoms with Gasteiger partial charge in [0.1, 0.15) is 28.5 Å². The monoisotopic (exact) mass is 562 g/mol. The molecule has 0 unspecified atom stereocenters. The SMILES string of the molecule is N#Cc1c(N)nc(SCC(=O)Nc2ccc(-c3cc(C(=O)O)c4ccccc4n3)cc2)c(C#N)c1-c1ccsc1. The second-order valence-corrected chi connectivity index (χ2v) is 10.2. The number of pyridine rings is 2. The minimum Gasteiger partial charge on any atom is -0.478 e. The van der Waals surface area contributed by atoms with Gasteiger partial charge in [-0.15, -0.1) is 0 Å². The molecule has 0 spiro atoms. The molecule has 0 aliphatic heterocycles. The van der Waals surface area contributed by atoms with Gasteiger partial charge in [-0.3, -0.25) is 4.79 Å². The molecule has 2 aromatic carbocycles. The molecule has 0 saturated heterocycles. The second kappa shape index (κ2) is 11.3. The standard InChI is InChI=1S/C29H18N6O3S2/c30-12-21-26(17-9-10-39-14-17)22(13-31)28(35-27(21)32)40-15-25(36)33-18-7-5-16(6-8-18)24-11-20(29(37)38)19-3-1-2-4-23(19)34-24/h1-11,14H,15H2,(H2,32,35)(H,33,36)(H,37,38). The Balaban J connectivity index is 1.33. The molecule has 3 heterocycles. The normalized spacial score (nSPS) is 10.6. The van der Waals surface area contributed by atoms with Crippen molar-refractivity contribution in [2.45, 2.75) is 5.03 Å². The number of fused-ring (bicyclic) bond motifs is 1. The second-order valence-electron chi connectivity index (χ2n) is 8.45. The quantitative estimate of drug-likeness (QED) is 0.208. The number of thioether (sulfide) groups is 1. The molecule has 1 amide bonds. The summed E-state index contributed by atoms with van der Waals surface area (Å²) in [6, 6.07) is 21.4. The smallest absolute Gasteiger partial charge is 0.336 e. The summed E-state index contributed by atoms with van der Waals surface area (Å²) in [6.45, 7) is 0. The zero-order valence-electron chi connectivity index (χ0n) is 20.6. The number of carbonyl (C=O) groups is 2. The molecule has 0 aliphatic carbocycles. The van der Waals surface area contributed by atoms with Crippen LogP contribution in [0.2, 0.25) is 0 Å². The molecule has 3 aromatic heterocycles. The summed E-state index contributed by atoms with van der Waals surface area (Å²) in [7, 11) is 0. The first kappa shape index (κ1) is 26.4. The predicted molar refractivity (Wildman–Crippen MR) is 155 cm³/mol. The summed E-state index contributed by atoms with van der Waals surface area (Å²) < 4.78 is 0. The molecule has 0 bridgehead atoms. The van der Waals surface area contributed by atoms with Crippen LogP contribution in [0.5, 0.6) is 0 Å². The molecule has 9 nitrogen and oxygen atoms in total. The highest BCUT2D eigenvalue weighted by molar-refractivity contribution is 8.00. The van der Waals surface area contributed by atoms with E-state index in [9.17, 15) is 25.2 Å². The first-order valence-corrected chi connectivity index (χ1v) is 13.6. The number of carboxylic acids is 1. The Labute approximate surface area is 236 Å². The number of benzene rings is 2. The van der Waals surface area contributed by atoms with Gasteiger partial charge in [-0.25, -0.2) is 14.8 Å². The number of amides is 1. The van der Waals surface area contributed by atoms with E-state index in [1.165, 1.54) is 17.4 Å². The van der Waals surface area contributed by atoms with E-state index in [1.54, 1.807) is 54.6 Å². The average molecular weight is 563 g/mol. The number of nitrogens with zero attached hydrogens (tertiary/aromatic N) is 4. The van der Waals surface area contributed by atoms with Gasteiger partial charge in [0, 0.05) is 22.2 Å². The zero-order valence-corrected chi connectivity index (χ0v) is 22.2. The summed E-state index contributed by atoms with van der Waals surface area (Å²) in [5.74, 6) is -1.43. The molecule has 0 aliphatic rings. The maximum absolute atomic E-state index is 12.7. The molecule has 5 aromatic rings. The Kier molecular flexibility index (Phi) is 7.42. The topological polar surface area (TPSA) is 166 Å². The molecule has 0 saturated carbocycles. The number of hydrogen-bond acceptors (Lipinski definition) is 9. The third kappa shape index (κ3) is 5.20. The van der Waals surface area contributed by atoms with Crippen LogP contribution in [0, 0.1) is 22.7 Å². The molecule has 40 heavy (non-hydrogen) atoms. The minimum atomic E-state index is -1.04. The van der Waals surface area contributed by atoms with Crippen molar-refractivity contribution >= 4 is 57.4 Å². The largest absolute Gasteiger partial charge is 0.478 e. The van der Waals surface area contributed by atoms with Gasteiger partial charge in [0.25, 0.3) is 0 Å². The third-order valence-corrected chi connectivity index (χ3v) is 7.64. The number of hydrogen-bond donors (Lipinski definition) is 3. The number of thiophene rings is 1. The highest BCUT2D eigenvalue weighted by atomic mass is 32.2. The fraction of sp³-hybridized carbons (Fsp3) is 0.0345. The van der Waals surface area contributed by atoms with E-state index >= 15 is 0 Å². The number of carboxylic acid groups (broad SMARTS) is 1. The molecule has 11 heteroatoms. The van der Waals surface area contributed by atoms with Gasteiger partial charge in [0.15, 0.2) is 0 Å². The van der Waals surface area contributed by atoms with E-state index in [1.807, 2.05) is 16.8 Å². The van der Waals surface area contributed by atoms with E-state index < -0.39 is 5.97 Å². The van der Waals surface area contributed by atoms with E-state index in [2.05, 4.69) is 21.4 Å². The maximum Gasteiger partial charge on any atom is 0.336 e. The van der Waals surface area contributed by atoms with Gasteiger partial charge in [0.2, 0.25) is 5.91 Å². The van der Waals surface area contributed by atoms with Crippen LogP contribution >= 0.6 is 23.1 Å². The Hall–Kier alpha value is -5.23. The van der Waals surface area contributed by atoms with Gasteiger partial charge in [-0.2, -0.15) is 21.9 Å². The Morgan fingerprint density at radius 1 is 1.00 bits per heavy atom. The van der Waals surface area contributed by atoms with Crippen molar-refractivity contribution in [2.24, 2.45) is 0 Å². The molecular weight excluding hydrogens is 544 g/mol. The van der Waals surface area contributed by atoms with E-state index in [0.717, 1.165) is 11.8 Å². The fourth-order valence-corrected chi connectivity index (χ4v) is 5.60. The average Bonchev–Trinajstić information content (AvgIpc) is 3.50. The van der Waals surface area contributed by atoms with Crippen molar-refractivity contribution in [3.05, 3.63) is 88.1 Å². The van der Waals surface area contributed by atoms with Crippen molar-refractivity contribution in [1.82, 2.24) is 9.97 Å². The van der Waals surface area contributed by atoms with Crippen LogP contribution in [0.3, 0.4) is 0 Å². The number of para-hydroxylation sites is 1. The van der Waals surface area contributed by atoms with Crippen molar-refractivity contribution in [2.75, 3.05) is 16.8 Å². The highest BCUT2D eigenvalue weighted by Crippen LogP contribution is 2.36. The lowest BCUT2D eigenvalue weighted by Crippen LogP contribution is -2.14. The van der Waals surface area contributed by atoms with Crippen molar-refractivity contribution in [3.8, 4) is 34.5 Å². The zero-order chi connectivity index (χ0) is 28.2. The lowest BCUT2D eigenvalue weighted by atomic mass is 9.99. The Bertz CT molecular complexity index is 1860. The number of rotatable bonds is 7. The number of nitriles is 2. The first-order valence-electron chi connectivity index (χ1n) is 11.7. The van der Waals surface area contributed by atoms with Crippen LogP contribution in [-0.4, -0.2) is 32.7 Å². The van der Waals surface area contributed by atoms with Crippen molar-refractivity contribution in [3.63, 3.8) is 0 Å². The molecule has 0 radical (unpaired) electrons. The maximum atomic E-state index is 12.7. The van der Waals surface area contributed by atoms with Crippen LogP contribution in [0.1, 0.15) is 21.5 Å². The number of anilines is 2. The summed E-state index contributed by atoms with van der Waals surface area (Å²) in [4.78, 5) is 33.3. The highest BCUT2D eigenvalue weighted by Gasteiger charge is 2.21. The van der Waals surface area contributed by atoms with Gasteiger partial charge >= 0.3 is 5.97 Å². The van der Waals surface area contributed by atoms with Crippen LogP contribution in [-0.2, 0) is 4.79 Å². The lowest BCUT2D eigenvalue weighted by molar-refractivity contribution is -0.113. The van der Waals surface area contributed by atoms with Crippen LogP contribution in [0.4, 0.5) is 11.5 Å². The van der Waals surface area contributed by atoms with Gasteiger partial charge in [0.05, 0.1) is 28.1 Å². The van der Waals surface area contributed by atoms with E-state index in [4.69, 9.17) is 5.73 Å². The van der Waals surface area contributed by atoms with Crippen molar-refractivity contribution in [1.29, 1.82) is 10.5 Å². The molecule has 4 N–H and O–H groups in total. The third-order valence-electron chi connectivity index (χ3n) is 5.98. The first-order chi connectivity index (χ1) is 19.4. The number of aromatic nitrogens is 2. The summed E-state index contributed by atoms with van der Waals surface area (Å²) >= 11 is 2.48. The number of aromatic carboxylic acids is 1. The van der Waals surface area contributed by atoms with E-state index in [0.29, 0.717) is 39.0 Å². The van der Waals surface area contributed by atoms with Gasteiger partial charge < -0.3 is 16.2 Å². The van der Waals surface area contributed by atoms with Gasteiger partial charge in [-0.1, -0.05) is 42.1 Å². The van der Waals surface area contributed by atoms with Gasteiger partial charge in [-0.05, 0) is 46.7 Å². The summed E-state index contributed by atoms with van der Waals surface area (Å²) in [5.41, 5.74) is 9.88. The Morgan fingerprint density at radius 2 is 1.75 bits per heavy atom. The molecular formula is C29H18N6O3S2. The van der Waals surface area contributed by atoms with Crippen LogP contribution in [0.25, 0.3) is 33.3 Å². The lowest BCUT2D eigenvalue weighted by Gasteiger charge is -2.12. The number of nitrogen functional groups attached to an aromatic ring is 1. The summed E-state index contributed by atoms with van der Waals surface area (Å²) in [5, 5.41) is 36.4. The van der Waals surface area contributed by atoms with Crippen LogP contribution in [0.15, 0.2) is 76.4 Å². The van der Waals surface area contributed by atoms with Crippen LogP contribution < -0.4 is 11.1 Å². The number of nitrogens with two attached hydrogens (primary N) is 1. The molecule has 5 rings (SSSR count). The molecule has 194 valence electrons. The summed E-state index contributed by atoms with van der Waals surface area (Å²) in [6.07, 6.45) is 0. The predicted octanol–water partition coefficient (Wildman–Crippen LogP) is 5.78. The fourth-order valence-electron chi connectivity index (χ4n) is 4.15.